The summed E-state index contributed by atoms with van der Waals surface area (Å²) in [5.74, 6) is 1.29. The van der Waals surface area contributed by atoms with E-state index >= 15 is 0 Å². The normalized spacial score (nSPS) is 25.1. The fourth-order valence-electron chi connectivity index (χ4n) is 1.96. The van der Waals surface area contributed by atoms with Crippen molar-refractivity contribution in [3.8, 4) is 0 Å². The van der Waals surface area contributed by atoms with Crippen molar-refractivity contribution < 1.29 is 14.6 Å². The quantitative estimate of drug-likeness (QED) is 0.765. The Bertz CT molecular complexity index is 213. The summed E-state index contributed by atoms with van der Waals surface area (Å²) in [6.45, 7) is 3.72. The summed E-state index contributed by atoms with van der Waals surface area (Å²) >= 11 is 1.84. The first kappa shape index (κ1) is 12.8. The molecule has 1 heterocycles. The van der Waals surface area contributed by atoms with E-state index in [0.717, 1.165) is 18.1 Å². The molecule has 1 rings (SSSR count). The van der Waals surface area contributed by atoms with E-state index in [1.54, 1.807) is 7.11 Å². The molecule has 0 bridgehead atoms. The van der Waals surface area contributed by atoms with Crippen LogP contribution in [-0.2, 0) is 9.53 Å². The number of methoxy groups -OCH3 is 1. The number of carboxylic acid groups (broad SMARTS) is 1. The number of ether oxygens (including phenoxy) is 1. The molecule has 0 aromatic heterocycles. The summed E-state index contributed by atoms with van der Waals surface area (Å²) in [6.07, 6.45) is 0.237. The second-order valence-corrected chi connectivity index (χ2v) is 5.02. The fourth-order valence-corrected chi connectivity index (χ4v) is 3.05. The van der Waals surface area contributed by atoms with Crippen LogP contribution in [0, 0.1) is 0 Å². The maximum Gasteiger partial charge on any atom is 0.304 e. The molecule has 0 saturated carbocycles. The summed E-state index contributed by atoms with van der Waals surface area (Å²) < 4.78 is 5.11. The molecule has 0 aromatic rings. The van der Waals surface area contributed by atoms with Gasteiger partial charge in [0.25, 0.3) is 0 Å². The molecule has 0 aromatic carbocycles. The van der Waals surface area contributed by atoms with Gasteiger partial charge < -0.3 is 9.84 Å². The molecule has 0 spiro atoms. The third kappa shape index (κ3) is 4.01. The predicted octanol–water partition coefficient (Wildman–Crippen LogP) is 0.913. The van der Waals surface area contributed by atoms with Gasteiger partial charge in [-0.1, -0.05) is 0 Å². The lowest BCUT2D eigenvalue weighted by atomic mass is 10.1. The third-order valence-electron chi connectivity index (χ3n) is 2.66. The van der Waals surface area contributed by atoms with E-state index < -0.39 is 5.97 Å². The maximum absolute atomic E-state index is 10.7. The number of hydrogen-bond donors (Lipinski definition) is 1. The molecule has 2 unspecified atom stereocenters. The fraction of sp³-hybridized carbons (Fsp3) is 0.900. The highest BCUT2D eigenvalue weighted by Crippen LogP contribution is 2.21. The van der Waals surface area contributed by atoms with E-state index in [0.29, 0.717) is 12.6 Å². The molecule has 2 atom stereocenters. The van der Waals surface area contributed by atoms with Crippen LogP contribution in [0.2, 0.25) is 0 Å². The lowest BCUT2D eigenvalue weighted by molar-refractivity contribution is -0.138. The van der Waals surface area contributed by atoms with Gasteiger partial charge in [-0.15, -0.1) is 0 Å². The van der Waals surface area contributed by atoms with Crippen molar-refractivity contribution >= 4 is 17.7 Å². The Kier molecular flexibility index (Phi) is 5.42. The van der Waals surface area contributed by atoms with Crippen LogP contribution < -0.4 is 0 Å². The van der Waals surface area contributed by atoms with E-state index in [9.17, 15) is 4.79 Å². The van der Waals surface area contributed by atoms with Gasteiger partial charge >= 0.3 is 5.97 Å². The topological polar surface area (TPSA) is 49.8 Å². The van der Waals surface area contributed by atoms with E-state index in [4.69, 9.17) is 9.84 Å². The molecular weight excluding hydrogens is 214 g/mol. The smallest absolute Gasteiger partial charge is 0.304 e. The zero-order valence-electron chi connectivity index (χ0n) is 9.31. The summed E-state index contributed by atoms with van der Waals surface area (Å²) in [7, 11) is 1.68. The van der Waals surface area contributed by atoms with Crippen LogP contribution in [0.25, 0.3) is 0 Å². The van der Waals surface area contributed by atoms with Gasteiger partial charge in [-0.2, -0.15) is 11.8 Å². The minimum absolute atomic E-state index is 0.159. The molecule has 88 valence electrons. The second-order valence-electron chi connectivity index (χ2n) is 3.87. The molecule has 0 amide bonds. The zero-order valence-corrected chi connectivity index (χ0v) is 10.1. The first-order valence-corrected chi connectivity index (χ1v) is 6.34. The van der Waals surface area contributed by atoms with Crippen LogP contribution in [0.5, 0.6) is 0 Å². The average molecular weight is 233 g/mol. The second kappa shape index (κ2) is 6.35. The first-order valence-electron chi connectivity index (χ1n) is 5.19. The highest BCUT2D eigenvalue weighted by molar-refractivity contribution is 7.99. The van der Waals surface area contributed by atoms with E-state index in [1.807, 2.05) is 11.8 Å². The van der Waals surface area contributed by atoms with Gasteiger partial charge in [-0.25, -0.2) is 0 Å². The van der Waals surface area contributed by atoms with Gasteiger partial charge in [0.05, 0.1) is 13.0 Å². The van der Waals surface area contributed by atoms with Crippen molar-refractivity contribution in [3.05, 3.63) is 0 Å². The number of thioether (sulfide) groups is 1. The van der Waals surface area contributed by atoms with Crippen LogP contribution in [0.3, 0.4) is 0 Å². The molecule has 0 radical (unpaired) electrons. The minimum atomic E-state index is -0.711. The molecule has 15 heavy (non-hydrogen) atoms. The standard InChI is InChI=1S/C10H19NO3S/c1-8(6-14-2)11-3-4-15-7-9(11)5-10(12)13/h8-9H,3-7H2,1-2H3,(H,12,13). The molecule has 0 aliphatic carbocycles. The monoisotopic (exact) mass is 233 g/mol. The van der Waals surface area contributed by atoms with Crippen LogP contribution in [0.4, 0.5) is 0 Å². The molecule has 1 saturated heterocycles. The molecule has 4 nitrogen and oxygen atoms in total. The van der Waals surface area contributed by atoms with Crippen LogP contribution in [-0.4, -0.2) is 59.8 Å². The Morgan fingerprint density at radius 3 is 3.07 bits per heavy atom. The number of hydrogen-bond acceptors (Lipinski definition) is 4. The molecule has 1 aliphatic heterocycles. The summed E-state index contributed by atoms with van der Waals surface area (Å²) in [6, 6.07) is 0.464. The van der Waals surface area contributed by atoms with Crippen molar-refractivity contribution in [2.45, 2.75) is 25.4 Å². The third-order valence-corrected chi connectivity index (χ3v) is 3.75. The lowest BCUT2D eigenvalue weighted by Crippen LogP contribution is -2.49. The van der Waals surface area contributed by atoms with Gasteiger partial charge in [0, 0.05) is 37.2 Å². The Morgan fingerprint density at radius 2 is 2.47 bits per heavy atom. The Labute approximate surface area is 95.0 Å². The van der Waals surface area contributed by atoms with Crippen molar-refractivity contribution in [3.63, 3.8) is 0 Å². The Morgan fingerprint density at radius 1 is 1.73 bits per heavy atom. The van der Waals surface area contributed by atoms with Crippen molar-refractivity contribution in [1.29, 1.82) is 0 Å². The largest absolute Gasteiger partial charge is 0.481 e. The number of rotatable bonds is 5. The number of nitrogens with zero attached hydrogens (tertiary/aromatic N) is 1. The van der Waals surface area contributed by atoms with Gasteiger partial charge in [-0.05, 0) is 6.92 Å². The molecule has 1 N–H and O–H groups in total. The first-order chi connectivity index (χ1) is 7.15. The summed E-state index contributed by atoms with van der Waals surface area (Å²) in [5, 5.41) is 8.83. The van der Waals surface area contributed by atoms with Crippen LogP contribution >= 0.6 is 11.8 Å². The number of carboxylic acids is 1. The lowest BCUT2D eigenvalue weighted by Gasteiger charge is -2.38. The van der Waals surface area contributed by atoms with E-state index in [-0.39, 0.29) is 12.5 Å². The molecule has 1 aliphatic rings. The number of carbonyl (C=O) groups is 1. The van der Waals surface area contributed by atoms with Gasteiger partial charge in [0.15, 0.2) is 0 Å². The molecular formula is C10H19NO3S. The zero-order chi connectivity index (χ0) is 11.3. The number of aliphatic carboxylic acids is 1. The maximum atomic E-state index is 10.7. The Balaban J connectivity index is 2.52. The highest BCUT2D eigenvalue weighted by Gasteiger charge is 2.28. The summed E-state index contributed by atoms with van der Waals surface area (Å²) in [4.78, 5) is 13.0. The summed E-state index contributed by atoms with van der Waals surface area (Å²) in [5.41, 5.74) is 0. The van der Waals surface area contributed by atoms with Gasteiger partial charge in [0.2, 0.25) is 0 Å². The van der Waals surface area contributed by atoms with Crippen molar-refractivity contribution in [2.75, 3.05) is 31.8 Å². The van der Waals surface area contributed by atoms with Crippen LogP contribution in [0.1, 0.15) is 13.3 Å². The Hall–Kier alpha value is -0.260. The van der Waals surface area contributed by atoms with Crippen LogP contribution in [0.15, 0.2) is 0 Å². The molecule has 5 heteroatoms. The van der Waals surface area contributed by atoms with E-state index in [1.165, 1.54) is 0 Å². The SMILES string of the molecule is COCC(C)N1CCSCC1CC(=O)O. The van der Waals surface area contributed by atoms with Gasteiger partial charge in [0.1, 0.15) is 0 Å². The highest BCUT2D eigenvalue weighted by atomic mass is 32.2. The molecule has 1 fully saturated rings. The van der Waals surface area contributed by atoms with Crippen molar-refractivity contribution in [2.24, 2.45) is 0 Å². The average Bonchev–Trinajstić information content (AvgIpc) is 2.18. The predicted molar refractivity (Wildman–Crippen MR) is 61.4 cm³/mol. The minimum Gasteiger partial charge on any atom is -0.481 e. The van der Waals surface area contributed by atoms with E-state index in [2.05, 4.69) is 11.8 Å². The van der Waals surface area contributed by atoms with Crippen molar-refractivity contribution in [1.82, 2.24) is 4.90 Å². The van der Waals surface area contributed by atoms with Gasteiger partial charge in [-0.3, -0.25) is 9.69 Å².